The highest BCUT2D eigenvalue weighted by atomic mass is 32.2. The van der Waals surface area contributed by atoms with E-state index < -0.39 is 0 Å². The van der Waals surface area contributed by atoms with Crippen LogP contribution in [-0.2, 0) is 0 Å². The predicted octanol–water partition coefficient (Wildman–Crippen LogP) is 5.04. The molecule has 1 aliphatic rings. The molecule has 3 heterocycles. The Morgan fingerprint density at radius 3 is 2.81 bits per heavy atom. The number of carbonyl (C=O) groups excluding carboxylic acids is 1. The molecule has 1 atom stereocenters. The van der Waals surface area contributed by atoms with Crippen molar-refractivity contribution in [3.63, 3.8) is 0 Å². The number of halogens is 1. The van der Waals surface area contributed by atoms with Gasteiger partial charge in [-0.2, -0.15) is 5.10 Å². The van der Waals surface area contributed by atoms with Crippen LogP contribution in [0.15, 0.2) is 84.1 Å². The summed E-state index contributed by atoms with van der Waals surface area (Å²) < 4.78 is 15.6. The number of aromatic nitrogens is 3. The third-order valence-corrected chi connectivity index (χ3v) is 6.35. The fourth-order valence-electron chi connectivity index (χ4n) is 3.72. The Kier molecular flexibility index (Phi) is 5.26. The second-order valence-corrected chi connectivity index (χ2v) is 8.40. The van der Waals surface area contributed by atoms with Crippen LogP contribution >= 0.6 is 11.8 Å². The molecule has 0 saturated carbocycles. The molecular formula is C24H19FN4OS. The minimum Gasteiger partial charge on any atom is -0.345 e. The van der Waals surface area contributed by atoms with Crippen LogP contribution in [0, 0.1) is 5.82 Å². The van der Waals surface area contributed by atoms with Crippen molar-refractivity contribution in [2.45, 2.75) is 17.4 Å². The Hall–Kier alpha value is -3.45. The van der Waals surface area contributed by atoms with Crippen LogP contribution in [0.2, 0.25) is 0 Å². The van der Waals surface area contributed by atoms with E-state index in [4.69, 9.17) is 0 Å². The number of thioether (sulfide) groups is 1. The van der Waals surface area contributed by atoms with E-state index in [0.717, 1.165) is 33.9 Å². The second kappa shape index (κ2) is 8.35. The van der Waals surface area contributed by atoms with E-state index in [9.17, 15) is 9.18 Å². The first-order valence-electron chi connectivity index (χ1n) is 9.97. The number of fused-ring (bicyclic) bond motifs is 1. The lowest BCUT2D eigenvalue weighted by atomic mass is 10.0. The topological polar surface area (TPSA) is 59.8 Å². The summed E-state index contributed by atoms with van der Waals surface area (Å²) in [5.41, 5.74) is 3.44. The Bertz CT molecular complexity index is 1230. The molecular weight excluding hydrogens is 411 g/mol. The zero-order valence-corrected chi connectivity index (χ0v) is 17.3. The first-order chi connectivity index (χ1) is 15.2. The highest BCUT2D eigenvalue weighted by Crippen LogP contribution is 2.37. The van der Waals surface area contributed by atoms with Gasteiger partial charge in [0.25, 0.3) is 5.91 Å². The number of para-hydroxylation sites is 1. The summed E-state index contributed by atoms with van der Waals surface area (Å²) in [5, 5.41) is 7.78. The number of nitrogens with one attached hydrogen (secondary N) is 1. The molecule has 0 spiro atoms. The molecule has 5 rings (SSSR count). The Morgan fingerprint density at radius 2 is 2.00 bits per heavy atom. The second-order valence-electron chi connectivity index (χ2n) is 7.26. The van der Waals surface area contributed by atoms with Gasteiger partial charge in [-0.05, 0) is 54.4 Å². The maximum atomic E-state index is 13.9. The number of pyridine rings is 1. The molecule has 0 fully saturated rings. The minimum atomic E-state index is -0.298. The molecule has 0 radical (unpaired) electrons. The van der Waals surface area contributed by atoms with Crippen LogP contribution in [0.1, 0.15) is 28.4 Å². The zero-order valence-electron chi connectivity index (χ0n) is 16.5. The summed E-state index contributed by atoms with van der Waals surface area (Å²) in [6, 6.07) is 17.8. The van der Waals surface area contributed by atoms with Gasteiger partial charge in [-0.3, -0.25) is 9.78 Å². The highest BCUT2D eigenvalue weighted by molar-refractivity contribution is 7.99. The highest BCUT2D eigenvalue weighted by Gasteiger charge is 2.26. The van der Waals surface area contributed by atoms with Crippen molar-refractivity contribution in [2.24, 2.45) is 0 Å². The number of hydrogen-bond acceptors (Lipinski definition) is 4. The smallest absolute Gasteiger partial charge is 0.255 e. The lowest BCUT2D eigenvalue weighted by molar-refractivity contribution is 0.0935. The van der Waals surface area contributed by atoms with Gasteiger partial charge < -0.3 is 5.32 Å². The van der Waals surface area contributed by atoms with Crippen molar-refractivity contribution in [1.82, 2.24) is 20.1 Å². The summed E-state index contributed by atoms with van der Waals surface area (Å²) in [6.45, 7) is 0. The fraction of sp³-hybridized carbons (Fsp3) is 0.125. The summed E-state index contributed by atoms with van der Waals surface area (Å²) >= 11 is 1.68. The number of rotatable bonds is 4. The Morgan fingerprint density at radius 1 is 1.13 bits per heavy atom. The van der Waals surface area contributed by atoms with E-state index in [2.05, 4.69) is 15.4 Å². The van der Waals surface area contributed by atoms with Gasteiger partial charge in [-0.1, -0.05) is 18.2 Å². The normalized spacial score (nSPS) is 15.3. The van der Waals surface area contributed by atoms with Gasteiger partial charge in [0.15, 0.2) is 0 Å². The number of amides is 1. The van der Waals surface area contributed by atoms with E-state index in [-0.39, 0.29) is 17.8 Å². The molecule has 1 amide bonds. The molecule has 2 aromatic carbocycles. The van der Waals surface area contributed by atoms with Crippen molar-refractivity contribution < 1.29 is 9.18 Å². The molecule has 2 aromatic heterocycles. The van der Waals surface area contributed by atoms with Gasteiger partial charge >= 0.3 is 0 Å². The van der Waals surface area contributed by atoms with E-state index in [0.29, 0.717) is 11.3 Å². The van der Waals surface area contributed by atoms with Gasteiger partial charge in [0.2, 0.25) is 0 Å². The quantitative estimate of drug-likeness (QED) is 0.493. The van der Waals surface area contributed by atoms with Gasteiger partial charge in [-0.25, -0.2) is 9.07 Å². The number of hydrogen-bond donors (Lipinski definition) is 1. The van der Waals surface area contributed by atoms with Gasteiger partial charge in [0.05, 0.1) is 17.3 Å². The van der Waals surface area contributed by atoms with E-state index in [1.807, 2.05) is 42.5 Å². The van der Waals surface area contributed by atoms with Gasteiger partial charge in [-0.15, -0.1) is 11.8 Å². The Balaban J connectivity index is 1.52. The minimum absolute atomic E-state index is 0.242. The molecule has 31 heavy (non-hydrogen) atoms. The van der Waals surface area contributed by atoms with Crippen LogP contribution in [0.4, 0.5) is 4.39 Å². The average molecular weight is 431 g/mol. The number of benzene rings is 2. The largest absolute Gasteiger partial charge is 0.345 e. The molecule has 0 aliphatic carbocycles. The third-order valence-electron chi connectivity index (χ3n) is 5.23. The SMILES string of the molecule is O=C(N[C@@H]1CCSc2ccc(F)cc21)c1cn(-c2ccccc2)nc1-c1cccnc1. The molecule has 1 aliphatic heterocycles. The van der Waals surface area contributed by atoms with Gasteiger partial charge in [0.1, 0.15) is 11.5 Å². The van der Waals surface area contributed by atoms with Crippen LogP contribution in [0.3, 0.4) is 0 Å². The number of nitrogens with zero attached hydrogens (tertiary/aromatic N) is 3. The third kappa shape index (κ3) is 3.96. The molecule has 0 saturated heterocycles. The first kappa shape index (κ1) is 19.5. The maximum absolute atomic E-state index is 13.9. The number of carbonyl (C=O) groups is 1. The molecule has 4 aromatic rings. The average Bonchev–Trinajstić information content (AvgIpc) is 3.26. The van der Waals surface area contributed by atoms with E-state index in [1.54, 1.807) is 41.1 Å². The summed E-state index contributed by atoms with van der Waals surface area (Å²) in [4.78, 5) is 18.5. The first-order valence-corrected chi connectivity index (χ1v) is 11.0. The van der Waals surface area contributed by atoms with Crippen LogP contribution in [0.5, 0.6) is 0 Å². The lowest BCUT2D eigenvalue weighted by Gasteiger charge is -2.26. The van der Waals surface area contributed by atoms with Crippen LogP contribution < -0.4 is 5.32 Å². The van der Waals surface area contributed by atoms with Crippen molar-refractivity contribution in [1.29, 1.82) is 0 Å². The molecule has 5 nitrogen and oxygen atoms in total. The molecule has 1 N–H and O–H groups in total. The molecule has 7 heteroatoms. The molecule has 154 valence electrons. The Labute approximate surface area is 183 Å². The van der Waals surface area contributed by atoms with E-state index >= 15 is 0 Å². The van der Waals surface area contributed by atoms with Crippen molar-refractivity contribution in [3.8, 4) is 16.9 Å². The fourth-order valence-corrected chi connectivity index (χ4v) is 4.83. The van der Waals surface area contributed by atoms with Crippen LogP contribution in [0.25, 0.3) is 16.9 Å². The van der Waals surface area contributed by atoms with Gasteiger partial charge in [0, 0.05) is 34.8 Å². The molecule has 0 bridgehead atoms. The van der Waals surface area contributed by atoms with Crippen LogP contribution in [-0.4, -0.2) is 26.4 Å². The van der Waals surface area contributed by atoms with Crippen molar-refractivity contribution >= 4 is 17.7 Å². The maximum Gasteiger partial charge on any atom is 0.255 e. The summed E-state index contributed by atoms with van der Waals surface area (Å²) in [7, 11) is 0. The summed E-state index contributed by atoms with van der Waals surface area (Å²) in [5.74, 6) is 0.323. The standard InChI is InChI=1S/C24H19FN4OS/c25-17-8-9-22-19(13-17)21(10-12-31-22)27-24(30)20-15-29(18-6-2-1-3-7-18)28-23(20)16-5-4-11-26-14-16/h1-9,11,13-15,21H,10,12H2,(H,27,30)/t21-/m1/s1. The zero-order chi connectivity index (χ0) is 21.2. The monoisotopic (exact) mass is 430 g/mol. The van der Waals surface area contributed by atoms with Crippen molar-refractivity contribution in [2.75, 3.05) is 5.75 Å². The van der Waals surface area contributed by atoms with Crippen molar-refractivity contribution in [3.05, 3.63) is 96.2 Å². The van der Waals surface area contributed by atoms with E-state index in [1.165, 1.54) is 12.1 Å². The molecule has 0 unspecified atom stereocenters. The predicted molar refractivity (Wildman–Crippen MR) is 119 cm³/mol. The lowest BCUT2D eigenvalue weighted by Crippen LogP contribution is -2.30. The summed E-state index contributed by atoms with van der Waals surface area (Å²) in [6.07, 6.45) is 5.85.